The number of non-ortho nitro benzene ring substituents is 1. The van der Waals surface area contributed by atoms with Gasteiger partial charge in [-0.3, -0.25) is 19.9 Å². The van der Waals surface area contributed by atoms with Crippen molar-refractivity contribution in [3.05, 3.63) is 33.9 Å². The lowest BCUT2D eigenvalue weighted by Crippen LogP contribution is -2.08. The first-order valence-corrected chi connectivity index (χ1v) is 5.61. The van der Waals surface area contributed by atoms with Gasteiger partial charge >= 0.3 is 5.97 Å². The number of hydrogen-bond donors (Lipinski definition) is 0. The third kappa shape index (κ3) is 3.44. The van der Waals surface area contributed by atoms with Crippen molar-refractivity contribution in [3.8, 4) is 5.75 Å². The molecule has 0 spiro atoms. The molecule has 1 aromatic rings. The Hall–Kier alpha value is -2.11. The zero-order chi connectivity index (χ0) is 13.7. The SMILES string of the molecule is CCC(=O)OOc1ccc([N+](=O)[O-])cc1C(C)C. The topological polar surface area (TPSA) is 78.7 Å². The molecule has 0 heterocycles. The van der Waals surface area contributed by atoms with Crippen LogP contribution in [0.4, 0.5) is 5.69 Å². The molecule has 0 aliphatic heterocycles. The fourth-order valence-corrected chi connectivity index (χ4v) is 1.33. The van der Waals surface area contributed by atoms with Crippen molar-refractivity contribution in [3.63, 3.8) is 0 Å². The van der Waals surface area contributed by atoms with Gasteiger partial charge in [0, 0.05) is 24.1 Å². The van der Waals surface area contributed by atoms with E-state index in [0.29, 0.717) is 11.3 Å². The number of nitro benzene ring substituents is 1. The van der Waals surface area contributed by atoms with Gasteiger partial charge in [0.15, 0.2) is 5.75 Å². The van der Waals surface area contributed by atoms with E-state index in [1.54, 1.807) is 6.92 Å². The molecule has 98 valence electrons. The second-order valence-corrected chi connectivity index (χ2v) is 4.03. The van der Waals surface area contributed by atoms with E-state index in [1.165, 1.54) is 18.2 Å². The molecule has 0 aromatic heterocycles. The predicted octanol–water partition coefficient (Wildman–Crippen LogP) is 2.97. The van der Waals surface area contributed by atoms with Gasteiger partial charge in [0.1, 0.15) is 0 Å². The fourth-order valence-electron chi connectivity index (χ4n) is 1.33. The molecule has 18 heavy (non-hydrogen) atoms. The molecule has 0 aliphatic carbocycles. The number of nitrogens with zero attached hydrogens (tertiary/aromatic N) is 1. The van der Waals surface area contributed by atoms with E-state index in [1.807, 2.05) is 13.8 Å². The van der Waals surface area contributed by atoms with Crippen LogP contribution in [0.3, 0.4) is 0 Å². The summed E-state index contributed by atoms with van der Waals surface area (Å²) in [6.07, 6.45) is 0.198. The second-order valence-electron chi connectivity index (χ2n) is 4.03. The Kier molecular flexibility index (Phi) is 4.65. The Balaban J connectivity index is 2.97. The molecule has 0 radical (unpaired) electrons. The van der Waals surface area contributed by atoms with Gasteiger partial charge < -0.3 is 0 Å². The van der Waals surface area contributed by atoms with Crippen LogP contribution in [0, 0.1) is 10.1 Å². The van der Waals surface area contributed by atoms with Crippen LogP contribution in [0.15, 0.2) is 18.2 Å². The van der Waals surface area contributed by atoms with Gasteiger partial charge in [0.2, 0.25) is 0 Å². The molecule has 6 nitrogen and oxygen atoms in total. The van der Waals surface area contributed by atoms with Crippen molar-refractivity contribution in [1.29, 1.82) is 0 Å². The maximum atomic E-state index is 11.0. The van der Waals surface area contributed by atoms with Crippen molar-refractivity contribution in [2.45, 2.75) is 33.1 Å². The molecule has 6 heteroatoms. The lowest BCUT2D eigenvalue weighted by atomic mass is 10.0. The van der Waals surface area contributed by atoms with E-state index < -0.39 is 10.9 Å². The molecule has 1 aromatic carbocycles. The molecule has 1 rings (SSSR count). The first kappa shape index (κ1) is 14.0. The van der Waals surface area contributed by atoms with Crippen molar-refractivity contribution >= 4 is 11.7 Å². The highest BCUT2D eigenvalue weighted by molar-refractivity contribution is 5.68. The minimum Gasteiger partial charge on any atom is -0.287 e. The fraction of sp³-hybridized carbons (Fsp3) is 0.417. The summed E-state index contributed by atoms with van der Waals surface area (Å²) in [5.41, 5.74) is 0.598. The molecular formula is C12H15NO5. The van der Waals surface area contributed by atoms with Crippen LogP contribution in [-0.4, -0.2) is 10.9 Å². The van der Waals surface area contributed by atoms with Crippen LogP contribution >= 0.6 is 0 Å². The van der Waals surface area contributed by atoms with Crippen LogP contribution in [0.1, 0.15) is 38.7 Å². The van der Waals surface area contributed by atoms with Gasteiger partial charge in [0.05, 0.1) is 4.92 Å². The molecule has 0 unspecified atom stereocenters. The minimum absolute atomic E-state index is 0.0141. The Morgan fingerprint density at radius 3 is 2.61 bits per heavy atom. The van der Waals surface area contributed by atoms with Crippen molar-refractivity contribution in [2.24, 2.45) is 0 Å². The first-order valence-electron chi connectivity index (χ1n) is 5.61. The summed E-state index contributed by atoms with van der Waals surface area (Å²) in [6.45, 7) is 5.38. The Morgan fingerprint density at radius 1 is 1.44 bits per heavy atom. The largest absolute Gasteiger partial charge is 0.355 e. The van der Waals surface area contributed by atoms with Crippen LogP contribution < -0.4 is 4.89 Å². The smallest absolute Gasteiger partial charge is 0.287 e. The van der Waals surface area contributed by atoms with Gasteiger partial charge in [-0.25, -0.2) is 4.79 Å². The average Bonchev–Trinajstić information content (AvgIpc) is 2.35. The number of nitro groups is 1. The summed E-state index contributed by atoms with van der Waals surface area (Å²) in [6, 6.07) is 4.15. The summed E-state index contributed by atoms with van der Waals surface area (Å²) in [4.78, 5) is 30.7. The van der Waals surface area contributed by atoms with E-state index in [2.05, 4.69) is 4.89 Å². The molecule has 0 atom stereocenters. The standard InChI is InChI=1S/C12H15NO5/c1-4-12(14)18-17-11-6-5-9(13(15)16)7-10(11)8(2)3/h5-8H,4H2,1-3H3. The zero-order valence-electron chi connectivity index (χ0n) is 10.5. The van der Waals surface area contributed by atoms with Gasteiger partial charge in [-0.05, 0) is 12.0 Å². The third-order valence-corrected chi connectivity index (χ3v) is 2.34. The molecular weight excluding hydrogens is 238 g/mol. The van der Waals surface area contributed by atoms with E-state index in [-0.39, 0.29) is 18.0 Å². The van der Waals surface area contributed by atoms with Crippen molar-refractivity contribution < 1.29 is 19.5 Å². The van der Waals surface area contributed by atoms with E-state index in [4.69, 9.17) is 4.89 Å². The molecule has 0 amide bonds. The summed E-state index contributed by atoms with van der Waals surface area (Å²) >= 11 is 0. The molecule has 0 fully saturated rings. The maximum Gasteiger partial charge on any atom is 0.355 e. The first-order chi connectivity index (χ1) is 8.45. The van der Waals surface area contributed by atoms with E-state index >= 15 is 0 Å². The molecule has 0 saturated carbocycles. The lowest BCUT2D eigenvalue weighted by molar-refractivity contribution is -0.385. The van der Waals surface area contributed by atoms with Crippen molar-refractivity contribution in [2.75, 3.05) is 0 Å². The number of hydrogen-bond acceptors (Lipinski definition) is 5. The second kappa shape index (κ2) is 6.00. The normalized spacial score (nSPS) is 10.2. The van der Waals surface area contributed by atoms with Crippen LogP contribution in [0.5, 0.6) is 5.75 Å². The van der Waals surface area contributed by atoms with E-state index in [0.717, 1.165) is 0 Å². The highest BCUT2D eigenvalue weighted by atomic mass is 17.2. The maximum absolute atomic E-state index is 11.0. The van der Waals surface area contributed by atoms with Gasteiger partial charge in [-0.15, -0.1) is 0 Å². The van der Waals surface area contributed by atoms with Crippen LogP contribution in [0.2, 0.25) is 0 Å². The van der Waals surface area contributed by atoms with Crippen LogP contribution in [-0.2, 0) is 9.68 Å². The summed E-state index contributed by atoms with van der Waals surface area (Å²) < 4.78 is 0. The van der Waals surface area contributed by atoms with Crippen LogP contribution in [0.25, 0.3) is 0 Å². The minimum atomic E-state index is -0.497. The Morgan fingerprint density at radius 2 is 2.11 bits per heavy atom. The number of carbonyl (C=O) groups is 1. The van der Waals surface area contributed by atoms with Gasteiger partial charge in [-0.2, -0.15) is 0 Å². The summed E-state index contributed by atoms with van der Waals surface area (Å²) in [5.74, 6) is -0.166. The lowest BCUT2D eigenvalue weighted by Gasteiger charge is -2.11. The average molecular weight is 253 g/mol. The van der Waals surface area contributed by atoms with Crippen molar-refractivity contribution in [1.82, 2.24) is 0 Å². The number of carbonyl (C=O) groups excluding carboxylic acids is 1. The monoisotopic (exact) mass is 253 g/mol. The molecule has 0 saturated heterocycles. The highest BCUT2D eigenvalue weighted by Gasteiger charge is 2.16. The molecule has 0 N–H and O–H groups in total. The number of rotatable bonds is 5. The van der Waals surface area contributed by atoms with Gasteiger partial charge in [-0.1, -0.05) is 20.8 Å². The molecule has 0 aliphatic rings. The quantitative estimate of drug-likeness (QED) is 0.458. The Labute approximate surface area is 105 Å². The summed E-state index contributed by atoms with van der Waals surface area (Å²) in [7, 11) is 0. The van der Waals surface area contributed by atoms with E-state index in [9.17, 15) is 14.9 Å². The third-order valence-electron chi connectivity index (χ3n) is 2.34. The predicted molar refractivity (Wildman–Crippen MR) is 64.2 cm³/mol. The van der Waals surface area contributed by atoms with Gasteiger partial charge in [0.25, 0.3) is 5.69 Å². The highest BCUT2D eigenvalue weighted by Crippen LogP contribution is 2.30. The Bertz CT molecular complexity index is 456. The summed E-state index contributed by atoms with van der Waals surface area (Å²) in [5, 5.41) is 10.7. The molecule has 0 bridgehead atoms. The number of benzene rings is 1. The zero-order valence-corrected chi connectivity index (χ0v) is 10.5.